The molecule has 25 heavy (non-hydrogen) atoms. The predicted octanol–water partition coefficient (Wildman–Crippen LogP) is 2.71. The molecule has 130 valence electrons. The van der Waals surface area contributed by atoms with Crippen LogP contribution in [0.3, 0.4) is 0 Å². The number of ether oxygens (including phenoxy) is 2. The molecule has 1 aromatic carbocycles. The third kappa shape index (κ3) is 3.77. The molecule has 2 aromatic heterocycles. The second-order valence-electron chi connectivity index (χ2n) is 5.34. The Morgan fingerprint density at radius 3 is 2.64 bits per heavy atom. The second kappa shape index (κ2) is 7.76. The van der Waals surface area contributed by atoms with Crippen LogP contribution in [-0.4, -0.2) is 33.4 Å². The van der Waals surface area contributed by atoms with Crippen LogP contribution in [0, 0.1) is 0 Å². The number of rotatable bonds is 7. The Bertz CT molecular complexity index is 819. The maximum atomic E-state index is 6.35. The maximum absolute atomic E-state index is 6.35. The number of aromatic nitrogens is 4. The highest BCUT2D eigenvalue weighted by Gasteiger charge is 2.17. The lowest BCUT2D eigenvalue weighted by atomic mass is 10.1. The van der Waals surface area contributed by atoms with Gasteiger partial charge in [-0.15, -0.1) is 0 Å². The molecule has 3 aromatic rings. The number of nitrogens with zero attached hydrogens (tertiary/aromatic N) is 3. The van der Waals surface area contributed by atoms with Crippen molar-refractivity contribution in [2.24, 2.45) is 5.73 Å². The number of nitrogens with two attached hydrogens (primary N) is 1. The van der Waals surface area contributed by atoms with Gasteiger partial charge in [0, 0.05) is 18.0 Å². The summed E-state index contributed by atoms with van der Waals surface area (Å²) >= 11 is 0. The van der Waals surface area contributed by atoms with E-state index in [1.807, 2.05) is 44.2 Å². The quantitative estimate of drug-likeness (QED) is 0.686. The summed E-state index contributed by atoms with van der Waals surface area (Å²) in [6.45, 7) is 4.98. The van der Waals surface area contributed by atoms with E-state index in [1.54, 1.807) is 12.4 Å². The van der Waals surface area contributed by atoms with Crippen molar-refractivity contribution in [2.75, 3.05) is 13.2 Å². The third-order valence-corrected chi connectivity index (χ3v) is 3.64. The van der Waals surface area contributed by atoms with Gasteiger partial charge < -0.3 is 15.2 Å². The van der Waals surface area contributed by atoms with E-state index in [9.17, 15) is 0 Å². The van der Waals surface area contributed by atoms with Gasteiger partial charge in [-0.1, -0.05) is 6.07 Å². The van der Waals surface area contributed by atoms with Gasteiger partial charge in [0.2, 0.25) is 0 Å². The highest BCUT2D eigenvalue weighted by atomic mass is 16.5. The Morgan fingerprint density at radius 1 is 1.12 bits per heavy atom. The average Bonchev–Trinajstić information content (AvgIpc) is 3.14. The molecule has 7 nitrogen and oxygen atoms in total. The molecule has 3 rings (SSSR count). The van der Waals surface area contributed by atoms with Gasteiger partial charge in [-0.2, -0.15) is 5.10 Å². The lowest BCUT2D eigenvalue weighted by molar-refractivity contribution is 0.287. The lowest BCUT2D eigenvalue weighted by Gasteiger charge is -2.14. The largest absolute Gasteiger partial charge is 0.490 e. The highest BCUT2D eigenvalue weighted by Crippen LogP contribution is 2.31. The number of H-pyrrole nitrogens is 1. The van der Waals surface area contributed by atoms with E-state index in [2.05, 4.69) is 20.2 Å². The highest BCUT2D eigenvalue weighted by molar-refractivity contribution is 5.52. The van der Waals surface area contributed by atoms with Crippen LogP contribution in [0.15, 0.2) is 42.7 Å². The van der Waals surface area contributed by atoms with E-state index >= 15 is 0 Å². The molecule has 1 atom stereocenters. The van der Waals surface area contributed by atoms with E-state index in [0.717, 1.165) is 11.1 Å². The van der Waals surface area contributed by atoms with Crippen molar-refractivity contribution in [1.82, 2.24) is 20.2 Å². The van der Waals surface area contributed by atoms with Crippen molar-refractivity contribution in [3.05, 3.63) is 54.1 Å². The van der Waals surface area contributed by atoms with Gasteiger partial charge in [-0.3, -0.25) is 10.1 Å². The maximum Gasteiger partial charge on any atom is 0.182 e. The molecule has 0 bridgehead atoms. The van der Waals surface area contributed by atoms with Gasteiger partial charge in [0.1, 0.15) is 5.82 Å². The van der Waals surface area contributed by atoms with Crippen LogP contribution in [0.2, 0.25) is 0 Å². The summed E-state index contributed by atoms with van der Waals surface area (Å²) in [5.41, 5.74) is 8.05. The van der Waals surface area contributed by atoms with Crippen LogP contribution in [0.25, 0.3) is 11.4 Å². The van der Waals surface area contributed by atoms with Gasteiger partial charge in [0.05, 0.1) is 19.3 Å². The summed E-state index contributed by atoms with van der Waals surface area (Å²) in [6.07, 6.45) is 3.42. The van der Waals surface area contributed by atoms with Crippen molar-refractivity contribution in [2.45, 2.75) is 19.9 Å². The molecular formula is C18H21N5O2. The number of hydrogen-bond acceptors (Lipinski definition) is 6. The Morgan fingerprint density at radius 2 is 1.92 bits per heavy atom. The Labute approximate surface area is 146 Å². The molecule has 0 aliphatic carbocycles. The molecule has 3 N–H and O–H groups in total. The summed E-state index contributed by atoms with van der Waals surface area (Å²) in [7, 11) is 0. The molecule has 7 heteroatoms. The van der Waals surface area contributed by atoms with Gasteiger partial charge in [0.15, 0.2) is 17.3 Å². The molecule has 0 saturated heterocycles. The Hall–Kier alpha value is -2.93. The van der Waals surface area contributed by atoms with Crippen LogP contribution in [0.1, 0.15) is 31.3 Å². The van der Waals surface area contributed by atoms with Crippen LogP contribution in [0.4, 0.5) is 0 Å². The summed E-state index contributed by atoms with van der Waals surface area (Å²) in [6, 6.07) is 8.94. The fourth-order valence-electron chi connectivity index (χ4n) is 2.46. The predicted molar refractivity (Wildman–Crippen MR) is 94.4 cm³/mol. The minimum absolute atomic E-state index is 0.451. The van der Waals surface area contributed by atoms with Crippen molar-refractivity contribution >= 4 is 0 Å². The Balaban J connectivity index is 1.86. The van der Waals surface area contributed by atoms with Crippen LogP contribution < -0.4 is 15.2 Å². The molecular weight excluding hydrogens is 318 g/mol. The first-order chi connectivity index (χ1) is 12.2. The third-order valence-electron chi connectivity index (χ3n) is 3.64. The first-order valence-corrected chi connectivity index (χ1v) is 8.20. The molecule has 2 heterocycles. The molecule has 0 unspecified atom stereocenters. The smallest absolute Gasteiger partial charge is 0.182 e. The van der Waals surface area contributed by atoms with E-state index in [-0.39, 0.29) is 0 Å². The van der Waals surface area contributed by atoms with Crippen molar-refractivity contribution in [1.29, 1.82) is 0 Å². The minimum atomic E-state index is -0.451. The first kappa shape index (κ1) is 16.9. The van der Waals surface area contributed by atoms with Gasteiger partial charge >= 0.3 is 0 Å². The van der Waals surface area contributed by atoms with E-state index < -0.39 is 6.04 Å². The summed E-state index contributed by atoms with van der Waals surface area (Å²) in [5.74, 6) is 2.51. The van der Waals surface area contributed by atoms with Crippen LogP contribution in [-0.2, 0) is 0 Å². The molecule has 0 fully saturated rings. The van der Waals surface area contributed by atoms with E-state index in [4.69, 9.17) is 15.2 Å². The standard InChI is InChI=1S/C18H21N5O2/c1-3-24-14-8-7-12(10-15(14)25-4-2)16(19)18-21-17(22-23-18)13-6-5-9-20-11-13/h5-11,16H,3-4,19H2,1-2H3,(H,21,22,23)/t16-/m1/s1. The number of nitrogens with one attached hydrogen (secondary N) is 1. The lowest BCUT2D eigenvalue weighted by Crippen LogP contribution is -2.14. The van der Waals surface area contributed by atoms with Gasteiger partial charge in [-0.25, -0.2) is 4.98 Å². The summed E-state index contributed by atoms with van der Waals surface area (Å²) < 4.78 is 11.2. The first-order valence-electron chi connectivity index (χ1n) is 8.20. The second-order valence-corrected chi connectivity index (χ2v) is 5.34. The normalized spacial score (nSPS) is 12.0. The van der Waals surface area contributed by atoms with Crippen molar-refractivity contribution < 1.29 is 9.47 Å². The number of aromatic amines is 1. The summed E-state index contributed by atoms with van der Waals surface area (Å²) in [4.78, 5) is 8.56. The molecule has 0 amide bonds. The fourth-order valence-corrected chi connectivity index (χ4v) is 2.46. The van der Waals surface area contributed by atoms with Gasteiger partial charge in [-0.05, 0) is 43.7 Å². The monoisotopic (exact) mass is 339 g/mol. The number of hydrogen-bond donors (Lipinski definition) is 2. The average molecular weight is 339 g/mol. The summed E-state index contributed by atoms with van der Waals surface area (Å²) in [5, 5.41) is 7.13. The topological polar surface area (TPSA) is 98.9 Å². The molecule has 0 aliphatic rings. The number of benzene rings is 1. The van der Waals surface area contributed by atoms with E-state index in [1.165, 1.54) is 0 Å². The van der Waals surface area contributed by atoms with Crippen LogP contribution in [0.5, 0.6) is 11.5 Å². The van der Waals surface area contributed by atoms with Crippen LogP contribution >= 0.6 is 0 Å². The Kier molecular flexibility index (Phi) is 5.25. The fraction of sp³-hybridized carbons (Fsp3) is 0.278. The zero-order valence-electron chi connectivity index (χ0n) is 14.3. The van der Waals surface area contributed by atoms with Crippen molar-refractivity contribution in [3.63, 3.8) is 0 Å². The minimum Gasteiger partial charge on any atom is -0.490 e. The molecule has 0 aliphatic heterocycles. The molecule has 0 radical (unpaired) electrons. The molecule has 0 saturated carbocycles. The van der Waals surface area contributed by atoms with Gasteiger partial charge in [0.25, 0.3) is 0 Å². The zero-order chi connectivity index (χ0) is 17.6. The van der Waals surface area contributed by atoms with Crippen molar-refractivity contribution in [3.8, 4) is 22.9 Å². The number of pyridine rings is 1. The zero-order valence-corrected chi connectivity index (χ0v) is 14.3. The SMILES string of the molecule is CCOc1ccc([C@@H](N)c2nc(-c3cccnc3)n[nH]2)cc1OCC. The van der Waals surface area contributed by atoms with E-state index in [0.29, 0.717) is 36.4 Å². The molecule has 0 spiro atoms.